The van der Waals surface area contributed by atoms with E-state index in [0.717, 1.165) is 24.8 Å². The van der Waals surface area contributed by atoms with E-state index in [1.165, 1.54) is 0 Å². The third-order valence-corrected chi connectivity index (χ3v) is 4.44. The van der Waals surface area contributed by atoms with Crippen molar-refractivity contribution in [3.63, 3.8) is 0 Å². The van der Waals surface area contributed by atoms with Gasteiger partial charge in [-0.2, -0.15) is 0 Å². The molecule has 0 saturated heterocycles. The van der Waals surface area contributed by atoms with E-state index in [9.17, 15) is 9.59 Å². The minimum absolute atomic E-state index is 0.164. The predicted molar refractivity (Wildman–Crippen MR) is 88.8 cm³/mol. The Balaban J connectivity index is 2.03. The Morgan fingerprint density at radius 1 is 1.22 bits per heavy atom. The van der Waals surface area contributed by atoms with E-state index in [0.29, 0.717) is 19.4 Å². The van der Waals surface area contributed by atoms with E-state index in [4.69, 9.17) is 10.5 Å². The van der Waals surface area contributed by atoms with Gasteiger partial charge in [0.15, 0.2) is 0 Å². The lowest BCUT2D eigenvalue weighted by atomic mass is 9.82. The fraction of sp³-hybridized carbons (Fsp3) is 0.556. The van der Waals surface area contributed by atoms with Crippen LogP contribution in [0.2, 0.25) is 0 Å². The first-order valence-electron chi connectivity index (χ1n) is 8.35. The van der Waals surface area contributed by atoms with Gasteiger partial charge in [-0.05, 0) is 25.3 Å². The normalized spacial score (nSPS) is 18.0. The Morgan fingerprint density at radius 3 is 2.48 bits per heavy atom. The predicted octanol–water partition coefficient (Wildman–Crippen LogP) is 2.11. The Morgan fingerprint density at radius 2 is 1.87 bits per heavy atom. The van der Waals surface area contributed by atoms with Gasteiger partial charge in [0.2, 0.25) is 5.91 Å². The lowest BCUT2D eigenvalue weighted by molar-refractivity contribution is -0.145. The summed E-state index contributed by atoms with van der Waals surface area (Å²) in [5.74, 6) is -0.997. The van der Waals surface area contributed by atoms with Gasteiger partial charge < -0.3 is 15.8 Å². The highest BCUT2D eigenvalue weighted by Gasteiger charge is 2.36. The number of ether oxygens (including phenoxy) is 1. The van der Waals surface area contributed by atoms with Crippen LogP contribution in [0, 0.1) is 0 Å². The summed E-state index contributed by atoms with van der Waals surface area (Å²) in [6.07, 6.45) is 4.48. The van der Waals surface area contributed by atoms with Crippen LogP contribution in [0.15, 0.2) is 30.3 Å². The first-order valence-corrected chi connectivity index (χ1v) is 8.35. The molecule has 0 radical (unpaired) electrons. The van der Waals surface area contributed by atoms with Gasteiger partial charge in [-0.1, -0.05) is 49.6 Å². The molecular weight excluding hydrogens is 292 g/mol. The second kappa shape index (κ2) is 8.11. The van der Waals surface area contributed by atoms with Crippen LogP contribution in [-0.4, -0.2) is 30.6 Å². The first-order chi connectivity index (χ1) is 11.1. The Kier molecular flexibility index (Phi) is 6.16. The molecule has 0 spiro atoms. The van der Waals surface area contributed by atoms with E-state index in [1.807, 2.05) is 30.3 Å². The molecule has 1 aliphatic carbocycles. The van der Waals surface area contributed by atoms with Gasteiger partial charge in [-0.25, -0.2) is 0 Å². The molecule has 5 heteroatoms. The molecule has 23 heavy (non-hydrogen) atoms. The van der Waals surface area contributed by atoms with E-state index >= 15 is 0 Å². The maximum absolute atomic E-state index is 12.4. The molecule has 1 fully saturated rings. The molecule has 1 aromatic carbocycles. The van der Waals surface area contributed by atoms with Crippen LogP contribution >= 0.6 is 0 Å². The van der Waals surface area contributed by atoms with Crippen LogP contribution in [0.4, 0.5) is 0 Å². The topological polar surface area (TPSA) is 81.4 Å². The van der Waals surface area contributed by atoms with Gasteiger partial charge in [-0.3, -0.25) is 9.59 Å². The molecule has 3 N–H and O–H groups in total. The molecule has 1 aromatic rings. The van der Waals surface area contributed by atoms with E-state index in [2.05, 4.69) is 5.32 Å². The molecule has 0 heterocycles. The molecule has 1 aliphatic rings. The van der Waals surface area contributed by atoms with Crippen LogP contribution in [0.3, 0.4) is 0 Å². The standard InChI is InChI=1S/C18H26N2O3/c1-2-23-16(21)15(14-9-5-3-6-10-14)13-20-17(22)18(19)11-7-4-8-12-18/h3,5-6,9-10,15H,2,4,7-8,11-13,19H2,1H3,(H,20,22). The fourth-order valence-corrected chi connectivity index (χ4v) is 3.05. The zero-order chi connectivity index (χ0) is 16.7. The molecule has 0 aliphatic heterocycles. The maximum Gasteiger partial charge on any atom is 0.315 e. The van der Waals surface area contributed by atoms with Crippen molar-refractivity contribution in [3.05, 3.63) is 35.9 Å². The number of carbonyl (C=O) groups is 2. The average molecular weight is 318 g/mol. The first kappa shape index (κ1) is 17.5. The van der Waals surface area contributed by atoms with Crippen molar-refractivity contribution in [2.45, 2.75) is 50.5 Å². The lowest BCUT2D eigenvalue weighted by Gasteiger charge is -2.32. The zero-order valence-corrected chi connectivity index (χ0v) is 13.7. The summed E-state index contributed by atoms with van der Waals surface area (Å²) in [6, 6.07) is 9.37. The molecule has 2 rings (SSSR count). The smallest absolute Gasteiger partial charge is 0.315 e. The highest BCUT2D eigenvalue weighted by molar-refractivity contribution is 5.87. The minimum Gasteiger partial charge on any atom is -0.465 e. The number of hydrogen-bond donors (Lipinski definition) is 2. The molecule has 1 saturated carbocycles. The van der Waals surface area contributed by atoms with Crippen LogP contribution in [0.25, 0.3) is 0 Å². The molecule has 1 unspecified atom stereocenters. The fourth-order valence-electron chi connectivity index (χ4n) is 3.05. The van der Waals surface area contributed by atoms with Gasteiger partial charge in [0.1, 0.15) is 0 Å². The Bertz CT molecular complexity index is 524. The highest BCUT2D eigenvalue weighted by atomic mass is 16.5. The molecule has 5 nitrogen and oxygen atoms in total. The van der Waals surface area contributed by atoms with E-state index in [-0.39, 0.29) is 18.4 Å². The van der Waals surface area contributed by atoms with Crippen LogP contribution in [0.5, 0.6) is 0 Å². The number of nitrogens with two attached hydrogens (primary N) is 1. The van der Waals surface area contributed by atoms with Gasteiger partial charge >= 0.3 is 5.97 Å². The molecule has 0 aromatic heterocycles. The van der Waals surface area contributed by atoms with Crippen LogP contribution < -0.4 is 11.1 Å². The van der Waals surface area contributed by atoms with Crippen molar-refractivity contribution in [1.29, 1.82) is 0 Å². The molecule has 1 atom stereocenters. The monoisotopic (exact) mass is 318 g/mol. The number of carbonyl (C=O) groups excluding carboxylic acids is 2. The summed E-state index contributed by atoms with van der Waals surface area (Å²) >= 11 is 0. The number of benzene rings is 1. The van der Waals surface area contributed by atoms with Crippen molar-refractivity contribution in [1.82, 2.24) is 5.32 Å². The van der Waals surface area contributed by atoms with Gasteiger partial charge in [0.05, 0.1) is 18.1 Å². The largest absolute Gasteiger partial charge is 0.465 e. The summed E-state index contributed by atoms with van der Waals surface area (Å²) in [7, 11) is 0. The summed E-state index contributed by atoms with van der Waals surface area (Å²) in [4.78, 5) is 24.7. The molecule has 1 amide bonds. The second-order valence-corrected chi connectivity index (χ2v) is 6.14. The van der Waals surface area contributed by atoms with E-state index < -0.39 is 11.5 Å². The second-order valence-electron chi connectivity index (χ2n) is 6.14. The number of amides is 1. The van der Waals surface area contributed by atoms with Gasteiger partial charge in [0, 0.05) is 6.54 Å². The maximum atomic E-state index is 12.4. The van der Waals surface area contributed by atoms with E-state index in [1.54, 1.807) is 6.92 Å². The summed E-state index contributed by atoms with van der Waals surface area (Å²) < 4.78 is 5.14. The Labute approximate surface area is 137 Å². The molecule has 0 bridgehead atoms. The Hall–Kier alpha value is -1.88. The number of hydrogen-bond acceptors (Lipinski definition) is 4. The van der Waals surface area contributed by atoms with Crippen molar-refractivity contribution in [2.75, 3.05) is 13.2 Å². The summed E-state index contributed by atoms with van der Waals surface area (Å²) in [5, 5.41) is 2.87. The van der Waals surface area contributed by atoms with Crippen molar-refractivity contribution in [3.8, 4) is 0 Å². The van der Waals surface area contributed by atoms with Gasteiger partial charge in [-0.15, -0.1) is 0 Å². The lowest BCUT2D eigenvalue weighted by Crippen LogP contribution is -2.55. The number of rotatable bonds is 6. The minimum atomic E-state index is -0.797. The third-order valence-electron chi connectivity index (χ3n) is 4.44. The number of nitrogens with one attached hydrogen (secondary N) is 1. The quantitative estimate of drug-likeness (QED) is 0.787. The molecular formula is C18H26N2O3. The van der Waals surface area contributed by atoms with Crippen molar-refractivity contribution >= 4 is 11.9 Å². The van der Waals surface area contributed by atoms with Crippen molar-refractivity contribution in [2.24, 2.45) is 5.73 Å². The van der Waals surface area contributed by atoms with Crippen LogP contribution in [0.1, 0.15) is 50.5 Å². The SMILES string of the molecule is CCOC(=O)C(CNC(=O)C1(N)CCCCC1)c1ccccc1. The molecule has 126 valence electrons. The summed E-state index contributed by atoms with van der Waals surface area (Å²) in [5.41, 5.74) is 6.27. The highest BCUT2D eigenvalue weighted by Crippen LogP contribution is 2.26. The number of esters is 1. The summed E-state index contributed by atoms with van der Waals surface area (Å²) in [6.45, 7) is 2.30. The third kappa shape index (κ3) is 4.55. The van der Waals surface area contributed by atoms with Crippen molar-refractivity contribution < 1.29 is 14.3 Å². The zero-order valence-electron chi connectivity index (χ0n) is 13.7. The van der Waals surface area contributed by atoms with Gasteiger partial charge in [0.25, 0.3) is 0 Å². The van der Waals surface area contributed by atoms with Crippen LogP contribution in [-0.2, 0) is 14.3 Å². The average Bonchev–Trinajstić information content (AvgIpc) is 2.57.